The van der Waals surface area contributed by atoms with E-state index < -0.39 is 16.1 Å². The highest BCUT2D eigenvalue weighted by Gasteiger charge is 2.32. The zero-order chi connectivity index (χ0) is 21.9. The van der Waals surface area contributed by atoms with Crippen LogP contribution in [0, 0.1) is 12.8 Å². The van der Waals surface area contributed by atoms with Crippen LogP contribution in [0.5, 0.6) is 0 Å². The fraction of sp³-hybridized carbons (Fsp3) is 0.476. The number of nitrogen functional groups attached to an aromatic ring is 1. The highest BCUT2D eigenvalue weighted by atomic mass is 35.5. The van der Waals surface area contributed by atoms with E-state index in [9.17, 15) is 13.2 Å². The number of anilines is 1. The van der Waals surface area contributed by atoms with Gasteiger partial charge in [-0.25, -0.2) is 8.42 Å². The van der Waals surface area contributed by atoms with Crippen molar-refractivity contribution in [3.63, 3.8) is 0 Å². The lowest BCUT2D eigenvalue weighted by atomic mass is 9.99. The molecular weight excluding hydrogens is 424 g/mol. The van der Waals surface area contributed by atoms with Crippen molar-refractivity contribution in [2.45, 2.75) is 50.6 Å². The first-order chi connectivity index (χ1) is 14.2. The monoisotopic (exact) mass is 452 g/mol. The zero-order valence-corrected chi connectivity index (χ0v) is 18.9. The van der Waals surface area contributed by atoms with Gasteiger partial charge in [0.15, 0.2) is 0 Å². The number of halogens is 1. The maximum atomic E-state index is 13.3. The molecular formula is C21H29ClN4O3S. The SMILES string of the molecule is Cc1cccc(Cl)c1S(=O)(=O)NC(CCn1cccc1N)C(=O)N1CCCC(C)C1. The van der Waals surface area contributed by atoms with Crippen LogP contribution in [-0.4, -0.2) is 42.9 Å². The number of nitrogens with zero attached hydrogens (tertiary/aromatic N) is 2. The molecule has 1 aromatic carbocycles. The van der Waals surface area contributed by atoms with Crippen LogP contribution in [0.2, 0.25) is 5.02 Å². The molecule has 9 heteroatoms. The largest absolute Gasteiger partial charge is 0.385 e. The Morgan fingerprint density at radius 2 is 2.10 bits per heavy atom. The van der Waals surface area contributed by atoms with E-state index in [1.54, 1.807) is 34.6 Å². The second kappa shape index (κ2) is 9.41. The molecule has 0 aliphatic carbocycles. The minimum Gasteiger partial charge on any atom is -0.385 e. The molecule has 2 heterocycles. The van der Waals surface area contributed by atoms with E-state index >= 15 is 0 Å². The summed E-state index contributed by atoms with van der Waals surface area (Å²) in [6.45, 7) is 5.48. The molecule has 7 nitrogen and oxygen atoms in total. The topological polar surface area (TPSA) is 97.4 Å². The minimum absolute atomic E-state index is 0.0111. The van der Waals surface area contributed by atoms with Gasteiger partial charge < -0.3 is 15.2 Å². The second-order valence-electron chi connectivity index (χ2n) is 8.01. The molecule has 1 amide bonds. The molecule has 3 rings (SSSR count). The van der Waals surface area contributed by atoms with Gasteiger partial charge in [-0.15, -0.1) is 0 Å². The predicted molar refractivity (Wildman–Crippen MR) is 119 cm³/mol. The molecule has 1 saturated heterocycles. The Hall–Kier alpha value is -2.03. The van der Waals surface area contributed by atoms with Gasteiger partial charge in [0, 0.05) is 25.8 Å². The summed E-state index contributed by atoms with van der Waals surface area (Å²) in [7, 11) is -3.99. The summed E-state index contributed by atoms with van der Waals surface area (Å²) < 4.78 is 30.8. The van der Waals surface area contributed by atoms with Gasteiger partial charge in [0.2, 0.25) is 15.9 Å². The summed E-state index contributed by atoms with van der Waals surface area (Å²) >= 11 is 6.19. The molecule has 1 aliphatic rings. The van der Waals surface area contributed by atoms with Gasteiger partial charge in [-0.2, -0.15) is 4.72 Å². The van der Waals surface area contributed by atoms with Gasteiger partial charge in [-0.05, 0) is 55.9 Å². The van der Waals surface area contributed by atoms with E-state index in [1.807, 2.05) is 12.3 Å². The molecule has 0 bridgehead atoms. The number of carbonyl (C=O) groups is 1. The first-order valence-electron chi connectivity index (χ1n) is 10.2. The van der Waals surface area contributed by atoms with Crippen molar-refractivity contribution in [1.82, 2.24) is 14.2 Å². The number of rotatable bonds is 7. The normalized spacial score (nSPS) is 18.4. The highest BCUT2D eigenvalue weighted by molar-refractivity contribution is 7.89. The van der Waals surface area contributed by atoms with Crippen molar-refractivity contribution in [2.24, 2.45) is 5.92 Å². The summed E-state index contributed by atoms with van der Waals surface area (Å²) in [5.74, 6) is 0.754. The smallest absolute Gasteiger partial charge is 0.243 e. The lowest BCUT2D eigenvalue weighted by Gasteiger charge is -2.34. The number of nitrogens with two attached hydrogens (primary N) is 1. The number of hydrogen-bond donors (Lipinski definition) is 2. The number of piperidine rings is 1. The van der Waals surface area contributed by atoms with E-state index in [4.69, 9.17) is 17.3 Å². The molecule has 30 heavy (non-hydrogen) atoms. The molecule has 2 aromatic rings. The molecule has 0 radical (unpaired) electrons. The van der Waals surface area contributed by atoms with E-state index in [1.165, 1.54) is 6.07 Å². The fourth-order valence-electron chi connectivity index (χ4n) is 3.95. The van der Waals surface area contributed by atoms with Gasteiger partial charge >= 0.3 is 0 Å². The van der Waals surface area contributed by atoms with Crippen molar-refractivity contribution in [3.8, 4) is 0 Å². The molecule has 2 atom stereocenters. The Labute approximate surface area is 183 Å². The molecule has 1 fully saturated rings. The van der Waals surface area contributed by atoms with Gasteiger partial charge in [-0.1, -0.05) is 30.7 Å². The third-order valence-corrected chi connectivity index (χ3v) is 7.62. The summed E-state index contributed by atoms with van der Waals surface area (Å²) in [5.41, 5.74) is 6.46. The first-order valence-corrected chi connectivity index (χ1v) is 12.0. The number of amides is 1. The Morgan fingerprint density at radius 3 is 2.73 bits per heavy atom. The number of likely N-dealkylation sites (tertiary alicyclic amines) is 1. The Morgan fingerprint density at radius 1 is 1.33 bits per heavy atom. The Kier molecular flexibility index (Phi) is 7.10. The lowest BCUT2D eigenvalue weighted by Crippen LogP contribution is -2.51. The maximum absolute atomic E-state index is 13.3. The molecule has 2 unspecified atom stereocenters. The maximum Gasteiger partial charge on any atom is 0.243 e. The predicted octanol–water partition coefficient (Wildman–Crippen LogP) is 3.03. The number of benzene rings is 1. The van der Waals surface area contributed by atoms with Gasteiger partial charge in [0.05, 0.1) is 5.02 Å². The van der Waals surface area contributed by atoms with Crippen molar-refractivity contribution in [1.29, 1.82) is 0 Å². The zero-order valence-electron chi connectivity index (χ0n) is 17.3. The Balaban J connectivity index is 1.86. The molecule has 0 spiro atoms. The highest BCUT2D eigenvalue weighted by Crippen LogP contribution is 2.26. The second-order valence-corrected chi connectivity index (χ2v) is 10.1. The van der Waals surface area contributed by atoms with E-state index in [2.05, 4.69) is 11.6 Å². The lowest BCUT2D eigenvalue weighted by molar-refractivity contribution is -0.134. The van der Waals surface area contributed by atoms with Crippen molar-refractivity contribution in [2.75, 3.05) is 18.8 Å². The van der Waals surface area contributed by atoms with Crippen molar-refractivity contribution in [3.05, 3.63) is 47.1 Å². The van der Waals surface area contributed by atoms with E-state index in [0.29, 0.717) is 36.9 Å². The summed E-state index contributed by atoms with van der Waals surface area (Å²) in [5, 5.41) is 0.134. The molecule has 1 aliphatic heterocycles. The minimum atomic E-state index is -3.99. The Bertz CT molecular complexity index is 985. The standard InChI is InChI=1S/C21H29ClN4O3S/c1-15-6-4-12-26(14-15)21(27)18(10-13-25-11-5-9-19(25)23)24-30(28,29)20-16(2)7-3-8-17(20)22/h3,5,7-9,11,15,18,24H,4,6,10,12-14,23H2,1-2H3. The van der Waals surface area contributed by atoms with Crippen LogP contribution in [0.4, 0.5) is 5.82 Å². The van der Waals surface area contributed by atoms with E-state index in [0.717, 1.165) is 12.8 Å². The summed E-state index contributed by atoms with van der Waals surface area (Å²) in [6, 6.07) is 7.59. The summed E-state index contributed by atoms with van der Waals surface area (Å²) in [4.78, 5) is 15.1. The molecule has 0 saturated carbocycles. The van der Waals surface area contributed by atoms with Crippen LogP contribution in [0.15, 0.2) is 41.4 Å². The average Bonchev–Trinajstić information content (AvgIpc) is 3.09. The molecule has 164 valence electrons. The number of carbonyl (C=O) groups excluding carboxylic acids is 1. The number of nitrogens with one attached hydrogen (secondary N) is 1. The van der Waals surface area contributed by atoms with Crippen molar-refractivity contribution >= 4 is 33.3 Å². The van der Waals surface area contributed by atoms with Crippen molar-refractivity contribution < 1.29 is 13.2 Å². The fourth-order valence-corrected chi connectivity index (χ4v) is 6.00. The van der Waals surface area contributed by atoms with Crippen LogP contribution in [0.3, 0.4) is 0 Å². The quantitative estimate of drug-likeness (QED) is 0.674. The van der Waals surface area contributed by atoms with Crippen LogP contribution >= 0.6 is 11.6 Å². The number of sulfonamides is 1. The van der Waals surface area contributed by atoms with Gasteiger partial charge in [0.1, 0.15) is 16.8 Å². The third-order valence-electron chi connectivity index (χ3n) is 5.52. The summed E-state index contributed by atoms with van der Waals surface area (Å²) in [6.07, 6.45) is 4.08. The van der Waals surface area contributed by atoms with Crippen LogP contribution < -0.4 is 10.5 Å². The number of hydrogen-bond acceptors (Lipinski definition) is 4. The van der Waals surface area contributed by atoms with Gasteiger partial charge in [-0.3, -0.25) is 4.79 Å². The molecule has 1 aromatic heterocycles. The first kappa shape index (κ1) is 22.7. The number of aromatic nitrogens is 1. The van der Waals surface area contributed by atoms with Gasteiger partial charge in [0.25, 0.3) is 0 Å². The third kappa shape index (κ3) is 5.17. The average molecular weight is 453 g/mol. The number of aryl methyl sites for hydroxylation is 2. The van der Waals surface area contributed by atoms with Crippen LogP contribution in [-0.2, 0) is 21.4 Å². The molecule has 3 N–H and O–H groups in total. The van der Waals surface area contributed by atoms with Crippen LogP contribution in [0.25, 0.3) is 0 Å². The van der Waals surface area contributed by atoms with E-state index in [-0.39, 0.29) is 22.2 Å². The van der Waals surface area contributed by atoms with Crippen LogP contribution in [0.1, 0.15) is 31.7 Å².